The van der Waals surface area contributed by atoms with Crippen molar-refractivity contribution in [2.75, 3.05) is 6.61 Å². The monoisotopic (exact) mass is 210 g/mol. The van der Waals surface area contributed by atoms with Gasteiger partial charge >= 0.3 is 5.97 Å². The summed E-state index contributed by atoms with van der Waals surface area (Å²) in [6.45, 7) is 13.4. The van der Waals surface area contributed by atoms with Crippen LogP contribution in [0.2, 0.25) is 0 Å². The molecule has 2 nitrogen and oxygen atoms in total. The third kappa shape index (κ3) is 6.10. The number of carbonyl (C=O) groups is 1. The molecular weight excluding hydrogens is 188 g/mol. The minimum absolute atomic E-state index is 0.159. The van der Waals surface area contributed by atoms with E-state index in [0.717, 1.165) is 12.8 Å². The van der Waals surface area contributed by atoms with Crippen LogP contribution in [0.25, 0.3) is 0 Å². The number of ether oxygens (including phenoxy) is 1. The first-order chi connectivity index (χ1) is 6.91. The lowest BCUT2D eigenvalue weighted by atomic mass is 9.97. The molecule has 86 valence electrons. The maximum absolute atomic E-state index is 11.5. The van der Waals surface area contributed by atoms with Crippen LogP contribution < -0.4 is 0 Å². The highest BCUT2D eigenvalue weighted by Crippen LogP contribution is 2.17. The van der Waals surface area contributed by atoms with Crippen molar-refractivity contribution in [3.05, 3.63) is 25.3 Å². The number of carbonyl (C=O) groups excluding carboxylic acids is 1. The average molecular weight is 210 g/mol. The van der Waals surface area contributed by atoms with Crippen LogP contribution in [0.1, 0.15) is 33.6 Å². The summed E-state index contributed by atoms with van der Waals surface area (Å²) in [5.41, 5.74) is -0.426. The zero-order valence-corrected chi connectivity index (χ0v) is 10.1. The molecule has 0 aromatic carbocycles. The SMILES string of the molecule is C=CCCC(C=C)COC(=O)C(C)(C)C. The molecule has 0 N–H and O–H groups in total. The highest BCUT2D eigenvalue weighted by atomic mass is 16.5. The largest absolute Gasteiger partial charge is 0.465 e. The van der Waals surface area contributed by atoms with Crippen LogP contribution in [0.15, 0.2) is 25.3 Å². The fraction of sp³-hybridized carbons (Fsp3) is 0.615. The second kappa shape index (κ2) is 6.44. The molecule has 0 aliphatic rings. The Labute approximate surface area is 93.0 Å². The minimum Gasteiger partial charge on any atom is -0.465 e. The van der Waals surface area contributed by atoms with Crippen molar-refractivity contribution in [2.45, 2.75) is 33.6 Å². The summed E-state index contributed by atoms with van der Waals surface area (Å²) < 4.78 is 5.21. The first kappa shape index (κ1) is 13.9. The number of rotatable bonds is 6. The van der Waals surface area contributed by atoms with Gasteiger partial charge in [-0.2, -0.15) is 0 Å². The van der Waals surface area contributed by atoms with Crippen molar-refractivity contribution in [1.29, 1.82) is 0 Å². The summed E-state index contributed by atoms with van der Waals surface area (Å²) in [7, 11) is 0. The van der Waals surface area contributed by atoms with Gasteiger partial charge in [0.15, 0.2) is 0 Å². The third-order valence-electron chi connectivity index (χ3n) is 2.12. The van der Waals surface area contributed by atoms with Gasteiger partial charge in [0.05, 0.1) is 12.0 Å². The molecule has 1 unspecified atom stereocenters. The van der Waals surface area contributed by atoms with E-state index in [1.807, 2.05) is 32.9 Å². The van der Waals surface area contributed by atoms with Crippen molar-refractivity contribution < 1.29 is 9.53 Å². The Kier molecular flexibility index (Phi) is 5.99. The van der Waals surface area contributed by atoms with Crippen LogP contribution in [-0.4, -0.2) is 12.6 Å². The second-order valence-corrected chi connectivity index (χ2v) is 4.71. The number of allylic oxidation sites excluding steroid dienone is 1. The molecule has 0 saturated carbocycles. The highest BCUT2D eigenvalue weighted by molar-refractivity contribution is 5.75. The van der Waals surface area contributed by atoms with Crippen LogP contribution in [0, 0.1) is 11.3 Å². The molecule has 0 rings (SSSR count). The van der Waals surface area contributed by atoms with E-state index in [-0.39, 0.29) is 11.9 Å². The molecule has 0 aromatic heterocycles. The standard InChI is InChI=1S/C13H22O2/c1-6-8-9-11(7-2)10-15-12(14)13(3,4)5/h6-7,11H,1-2,8-10H2,3-5H3. The Bertz CT molecular complexity index is 223. The average Bonchev–Trinajstić information content (AvgIpc) is 2.16. The summed E-state index contributed by atoms with van der Waals surface area (Å²) in [4.78, 5) is 11.5. The van der Waals surface area contributed by atoms with Crippen molar-refractivity contribution in [2.24, 2.45) is 11.3 Å². The Morgan fingerprint density at radius 2 is 2.00 bits per heavy atom. The van der Waals surface area contributed by atoms with Gasteiger partial charge in [0, 0.05) is 5.92 Å². The van der Waals surface area contributed by atoms with Crippen LogP contribution in [0.3, 0.4) is 0 Å². The maximum Gasteiger partial charge on any atom is 0.311 e. The van der Waals surface area contributed by atoms with Gasteiger partial charge in [0.2, 0.25) is 0 Å². The molecule has 1 atom stereocenters. The van der Waals surface area contributed by atoms with Crippen molar-refractivity contribution in [1.82, 2.24) is 0 Å². The highest BCUT2D eigenvalue weighted by Gasteiger charge is 2.23. The lowest BCUT2D eigenvalue weighted by molar-refractivity contribution is -0.153. The van der Waals surface area contributed by atoms with E-state index in [2.05, 4.69) is 13.2 Å². The number of esters is 1. The second-order valence-electron chi connectivity index (χ2n) is 4.71. The minimum atomic E-state index is -0.426. The molecule has 2 heteroatoms. The van der Waals surface area contributed by atoms with E-state index >= 15 is 0 Å². The zero-order valence-electron chi connectivity index (χ0n) is 10.1. The zero-order chi connectivity index (χ0) is 11.9. The predicted molar refractivity (Wildman–Crippen MR) is 63.5 cm³/mol. The van der Waals surface area contributed by atoms with Gasteiger partial charge in [-0.15, -0.1) is 13.2 Å². The Morgan fingerprint density at radius 3 is 2.40 bits per heavy atom. The van der Waals surface area contributed by atoms with Crippen molar-refractivity contribution in [3.8, 4) is 0 Å². The third-order valence-corrected chi connectivity index (χ3v) is 2.12. The van der Waals surface area contributed by atoms with Gasteiger partial charge in [0.1, 0.15) is 0 Å². The van der Waals surface area contributed by atoms with Gasteiger partial charge < -0.3 is 4.74 Å². The molecule has 0 fully saturated rings. The van der Waals surface area contributed by atoms with Crippen LogP contribution in [0.4, 0.5) is 0 Å². The first-order valence-corrected chi connectivity index (χ1v) is 5.32. The Hall–Kier alpha value is -1.05. The summed E-state index contributed by atoms with van der Waals surface area (Å²) in [5.74, 6) is 0.0715. The van der Waals surface area contributed by atoms with E-state index in [0.29, 0.717) is 6.61 Å². The fourth-order valence-corrected chi connectivity index (χ4v) is 1.00. The lowest BCUT2D eigenvalue weighted by Crippen LogP contribution is -2.25. The van der Waals surface area contributed by atoms with Crippen LogP contribution in [-0.2, 0) is 9.53 Å². The fourth-order valence-electron chi connectivity index (χ4n) is 1.00. The molecular formula is C13H22O2. The molecule has 0 heterocycles. The lowest BCUT2D eigenvalue weighted by Gasteiger charge is -2.19. The molecule has 0 aliphatic carbocycles. The van der Waals surface area contributed by atoms with E-state index in [1.54, 1.807) is 0 Å². The van der Waals surface area contributed by atoms with Gasteiger partial charge in [0.25, 0.3) is 0 Å². The molecule has 0 radical (unpaired) electrons. The Balaban J connectivity index is 3.95. The Morgan fingerprint density at radius 1 is 1.40 bits per heavy atom. The first-order valence-electron chi connectivity index (χ1n) is 5.32. The summed E-state index contributed by atoms with van der Waals surface area (Å²) >= 11 is 0. The molecule has 0 aliphatic heterocycles. The van der Waals surface area contributed by atoms with Crippen molar-refractivity contribution in [3.63, 3.8) is 0 Å². The molecule has 0 spiro atoms. The van der Waals surface area contributed by atoms with Gasteiger partial charge in [-0.3, -0.25) is 4.79 Å². The summed E-state index contributed by atoms with van der Waals surface area (Å²) in [6.07, 6.45) is 5.55. The molecule has 0 saturated heterocycles. The smallest absolute Gasteiger partial charge is 0.311 e. The normalized spacial score (nSPS) is 13.0. The van der Waals surface area contributed by atoms with Crippen molar-refractivity contribution >= 4 is 5.97 Å². The molecule has 0 bridgehead atoms. The van der Waals surface area contributed by atoms with Gasteiger partial charge in [-0.25, -0.2) is 0 Å². The molecule has 15 heavy (non-hydrogen) atoms. The van der Waals surface area contributed by atoms with E-state index < -0.39 is 5.41 Å². The topological polar surface area (TPSA) is 26.3 Å². The van der Waals surface area contributed by atoms with Crippen LogP contribution in [0.5, 0.6) is 0 Å². The van der Waals surface area contributed by atoms with Gasteiger partial charge in [-0.05, 0) is 33.6 Å². The predicted octanol–water partition coefficient (Wildman–Crippen LogP) is 3.34. The van der Waals surface area contributed by atoms with E-state index in [9.17, 15) is 4.79 Å². The summed E-state index contributed by atoms with van der Waals surface area (Å²) in [6, 6.07) is 0. The quantitative estimate of drug-likeness (QED) is 0.496. The van der Waals surface area contributed by atoms with E-state index in [4.69, 9.17) is 4.74 Å². The molecule has 0 aromatic rings. The number of hydrogen-bond acceptors (Lipinski definition) is 2. The number of hydrogen-bond donors (Lipinski definition) is 0. The maximum atomic E-state index is 11.5. The van der Waals surface area contributed by atoms with Gasteiger partial charge in [-0.1, -0.05) is 12.2 Å². The summed E-state index contributed by atoms with van der Waals surface area (Å²) in [5, 5.41) is 0. The molecule has 0 amide bonds. The van der Waals surface area contributed by atoms with Crippen LogP contribution >= 0.6 is 0 Å². The van der Waals surface area contributed by atoms with E-state index in [1.165, 1.54) is 0 Å².